The van der Waals surface area contributed by atoms with E-state index in [0.29, 0.717) is 5.92 Å². The second kappa shape index (κ2) is 6.60. The molecule has 1 saturated carbocycles. The van der Waals surface area contributed by atoms with E-state index in [1.165, 1.54) is 37.7 Å². The standard InChI is InChI=1S/C16H24N2O/c1-12(2)17-16(19)18-15-10-8-14(9-11-15)13-6-4-3-5-7-13/h8-13H,3-7H2,1-2H3,(H2,17,18,19). The van der Waals surface area contributed by atoms with E-state index >= 15 is 0 Å². The Kier molecular flexibility index (Phi) is 4.83. The number of anilines is 1. The Bertz CT molecular complexity index is 405. The summed E-state index contributed by atoms with van der Waals surface area (Å²) in [5, 5.41) is 5.67. The molecule has 19 heavy (non-hydrogen) atoms. The minimum Gasteiger partial charge on any atom is -0.336 e. The maximum Gasteiger partial charge on any atom is 0.319 e. The van der Waals surface area contributed by atoms with Crippen LogP contribution in [0, 0.1) is 0 Å². The number of amides is 2. The second-order valence-corrected chi connectivity index (χ2v) is 5.71. The Morgan fingerprint density at radius 1 is 1.11 bits per heavy atom. The summed E-state index contributed by atoms with van der Waals surface area (Å²) in [7, 11) is 0. The van der Waals surface area contributed by atoms with Gasteiger partial charge in [0.2, 0.25) is 0 Å². The highest BCUT2D eigenvalue weighted by atomic mass is 16.2. The fraction of sp³-hybridized carbons (Fsp3) is 0.562. The lowest BCUT2D eigenvalue weighted by Crippen LogP contribution is -2.34. The summed E-state index contributed by atoms with van der Waals surface area (Å²) in [6.45, 7) is 3.90. The topological polar surface area (TPSA) is 41.1 Å². The zero-order chi connectivity index (χ0) is 13.7. The predicted octanol–water partition coefficient (Wildman–Crippen LogP) is 4.26. The summed E-state index contributed by atoms with van der Waals surface area (Å²) in [4.78, 5) is 11.6. The van der Waals surface area contributed by atoms with Crippen LogP contribution >= 0.6 is 0 Å². The number of carbonyl (C=O) groups is 1. The molecule has 3 heteroatoms. The Morgan fingerprint density at radius 2 is 1.74 bits per heavy atom. The molecule has 0 saturated heterocycles. The fourth-order valence-corrected chi connectivity index (χ4v) is 2.70. The van der Waals surface area contributed by atoms with Gasteiger partial charge in [0.05, 0.1) is 0 Å². The highest BCUT2D eigenvalue weighted by molar-refractivity contribution is 5.89. The van der Waals surface area contributed by atoms with Gasteiger partial charge in [0, 0.05) is 11.7 Å². The molecule has 0 heterocycles. The number of hydrogen-bond donors (Lipinski definition) is 2. The molecule has 2 amide bonds. The van der Waals surface area contributed by atoms with Gasteiger partial charge in [-0.3, -0.25) is 0 Å². The third-order valence-corrected chi connectivity index (χ3v) is 3.66. The van der Waals surface area contributed by atoms with Crippen molar-refractivity contribution in [2.24, 2.45) is 0 Å². The average molecular weight is 260 g/mol. The number of carbonyl (C=O) groups excluding carboxylic acids is 1. The van der Waals surface area contributed by atoms with Crippen LogP contribution in [0.5, 0.6) is 0 Å². The molecule has 1 aromatic rings. The van der Waals surface area contributed by atoms with E-state index in [1.54, 1.807) is 0 Å². The Balaban J connectivity index is 1.92. The minimum absolute atomic E-state index is 0.139. The van der Waals surface area contributed by atoms with E-state index in [2.05, 4.69) is 22.8 Å². The normalized spacial score (nSPS) is 16.4. The zero-order valence-corrected chi connectivity index (χ0v) is 11.9. The molecule has 0 spiro atoms. The number of hydrogen-bond acceptors (Lipinski definition) is 1. The molecule has 0 aromatic heterocycles. The monoisotopic (exact) mass is 260 g/mol. The number of rotatable bonds is 3. The maximum absolute atomic E-state index is 11.6. The molecule has 0 aliphatic heterocycles. The van der Waals surface area contributed by atoms with Crippen molar-refractivity contribution < 1.29 is 4.79 Å². The molecule has 2 rings (SSSR count). The molecular weight excluding hydrogens is 236 g/mol. The van der Waals surface area contributed by atoms with Crippen LogP contribution in [0.3, 0.4) is 0 Å². The van der Waals surface area contributed by atoms with E-state index in [9.17, 15) is 4.79 Å². The van der Waals surface area contributed by atoms with Crippen LogP contribution < -0.4 is 10.6 Å². The van der Waals surface area contributed by atoms with Gasteiger partial charge < -0.3 is 10.6 Å². The van der Waals surface area contributed by atoms with Crippen LogP contribution in [-0.2, 0) is 0 Å². The molecule has 0 unspecified atom stereocenters. The number of benzene rings is 1. The summed E-state index contributed by atoms with van der Waals surface area (Å²) in [6.07, 6.45) is 6.69. The molecule has 0 atom stereocenters. The van der Waals surface area contributed by atoms with Crippen molar-refractivity contribution >= 4 is 11.7 Å². The maximum atomic E-state index is 11.6. The molecule has 1 aromatic carbocycles. The van der Waals surface area contributed by atoms with Gasteiger partial charge in [-0.1, -0.05) is 31.4 Å². The Hall–Kier alpha value is -1.51. The van der Waals surface area contributed by atoms with Crippen LogP contribution in [0.1, 0.15) is 57.4 Å². The van der Waals surface area contributed by atoms with Gasteiger partial charge in [-0.15, -0.1) is 0 Å². The molecule has 3 nitrogen and oxygen atoms in total. The van der Waals surface area contributed by atoms with Crippen molar-refractivity contribution in [3.05, 3.63) is 29.8 Å². The third-order valence-electron chi connectivity index (χ3n) is 3.66. The zero-order valence-electron chi connectivity index (χ0n) is 11.9. The van der Waals surface area contributed by atoms with E-state index in [4.69, 9.17) is 0 Å². The lowest BCUT2D eigenvalue weighted by atomic mass is 9.84. The molecule has 1 fully saturated rings. The summed E-state index contributed by atoms with van der Waals surface area (Å²) in [5.41, 5.74) is 2.27. The van der Waals surface area contributed by atoms with Crippen molar-refractivity contribution in [3.8, 4) is 0 Å². The smallest absolute Gasteiger partial charge is 0.319 e. The molecule has 1 aliphatic rings. The van der Waals surface area contributed by atoms with Gasteiger partial charge in [-0.2, -0.15) is 0 Å². The average Bonchev–Trinajstić information content (AvgIpc) is 2.39. The van der Waals surface area contributed by atoms with Crippen molar-refractivity contribution in [2.45, 2.75) is 57.9 Å². The van der Waals surface area contributed by atoms with Crippen LogP contribution in [-0.4, -0.2) is 12.1 Å². The molecule has 1 aliphatic carbocycles. The van der Waals surface area contributed by atoms with Crippen molar-refractivity contribution in [1.82, 2.24) is 5.32 Å². The minimum atomic E-state index is -0.139. The summed E-state index contributed by atoms with van der Waals surface area (Å²) >= 11 is 0. The van der Waals surface area contributed by atoms with E-state index in [1.807, 2.05) is 26.0 Å². The molecular formula is C16H24N2O. The van der Waals surface area contributed by atoms with E-state index in [-0.39, 0.29) is 12.1 Å². The number of nitrogens with one attached hydrogen (secondary N) is 2. The van der Waals surface area contributed by atoms with Crippen LogP contribution in [0.15, 0.2) is 24.3 Å². The molecule has 2 N–H and O–H groups in total. The first kappa shape index (κ1) is 13.9. The van der Waals surface area contributed by atoms with Gasteiger partial charge in [-0.05, 0) is 50.3 Å². The highest BCUT2D eigenvalue weighted by Crippen LogP contribution is 2.32. The first-order valence-electron chi connectivity index (χ1n) is 7.32. The van der Waals surface area contributed by atoms with E-state index in [0.717, 1.165) is 5.69 Å². The predicted molar refractivity (Wildman–Crippen MR) is 79.6 cm³/mol. The Morgan fingerprint density at radius 3 is 2.32 bits per heavy atom. The van der Waals surface area contributed by atoms with Crippen LogP contribution in [0.4, 0.5) is 10.5 Å². The first-order valence-corrected chi connectivity index (χ1v) is 7.32. The van der Waals surface area contributed by atoms with Gasteiger partial charge >= 0.3 is 6.03 Å². The molecule has 0 radical (unpaired) electrons. The van der Waals surface area contributed by atoms with Crippen molar-refractivity contribution in [1.29, 1.82) is 0 Å². The largest absolute Gasteiger partial charge is 0.336 e. The quantitative estimate of drug-likeness (QED) is 0.837. The lowest BCUT2D eigenvalue weighted by molar-refractivity contribution is 0.250. The van der Waals surface area contributed by atoms with Crippen molar-refractivity contribution in [3.63, 3.8) is 0 Å². The van der Waals surface area contributed by atoms with Crippen LogP contribution in [0.2, 0.25) is 0 Å². The summed E-state index contributed by atoms with van der Waals surface area (Å²) < 4.78 is 0. The lowest BCUT2D eigenvalue weighted by Gasteiger charge is -2.22. The highest BCUT2D eigenvalue weighted by Gasteiger charge is 2.15. The van der Waals surface area contributed by atoms with Gasteiger partial charge in [0.15, 0.2) is 0 Å². The van der Waals surface area contributed by atoms with Gasteiger partial charge in [0.1, 0.15) is 0 Å². The third kappa shape index (κ3) is 4.27. The SMILES string of the molecule is CC(C)NC(=O)Nc1ccc(C2CCCCC2)cc1. The Labute approximate surface area is 115 Å². The van der Waals surface area contributed by atoms with Crippen molar-refractivity contribution in [2.75, 3.05) is 5.32 Å². The molecule has 104 valence electrons. The van der Waals surface area contributed by atoms with Crippen LogP contribution in [0.25, 0.3) is 0 Å². The van der Waals surface area contributed by atoms with Gasteiger partial charge in [-0.25, -0.2) is 4.79 Å². The second-order valence-electron chi connectivity index (χ2n) is 5.71. The summed E-state index contributed by atoms with van der Waals surface area (Å²) in [6, 6.07) is 8.33. The fourth-order valence-electron chi connectivity index (χ4n) is 2.70. The summed E-state index contributed by atoms with van der Waals surface area (Å²) in [5.74, 6) is 0.715. The first-order chi connectivity index (χ1) is 9.15. The number of urea groups is 1. The van der Waals surface area contributed by atoms with E-state index < -0.39 is 0 Å². The molecule has 0 bridgehead atoms. The van der Waals surface area contributed by atoms with Gasteiger partial charge in [0.25, 0.3) is 0 Å².